The normalized spacial score (nSPS) is 9.73. The highest BCUT2D eigenvalue weighted by Gasteiger charge is 2.10. The lowest BCUT2D eigenvalue weighted by molar-refractivity contribution is 0.400. The lowest BCUT2D eigenvalue weighted by atomic mass is 10.3. The SMILES string of the molecule is CC.CC.CC.COc1ccc(S(=O)Nc2cc(Br)cnc2OC)cc1. The molecule has 26 heavy (non-hydrogen) atoms. The number of benzene rings is 1. The van der Waals surface area contributed by atoms with E-state index < -0.39 is 11.0 Å². The van der Waals surface area contributed by atoms with Crippen LogP contribution in [0.5, 0.6) is 11.6 Å². The van der Waals surface area contributed by atoms with Gasteiger partial charge in [0.1, 0.15) is 22.4 Å². The summed E-state index contributed by atoms with van der Waals surface area (Å²) in [6, 6.07) is 8.74. The molecule has 0 saturated carbocycles. The van der Waals surface area contributed by atoms with Crippen LogP contribution in [0.15, 0.2) is 45.9 Å². The number of nitrogens with zero attached hydrogens (tertiary/aromatic N) is 1. The van der Waals surface area contributed by atoms with Crippen LogP contribution < -0.4 is 14.2 Å². The molecule has 0 aliphatic carbocycles. The van der Waals surface area contributed by atoms with Gasteiger partial charge in [-0.3, -0.25) is 4.72 Å². The third kappa shape index (κ3) is 9.20. The van der Waals surface area contributed by atoms with Crippen molar-refractivity contribution < 1.29 is 13.7 Å². The number of nitrogens with one attached hydrogen (secondary N) is 1. The number of aromatic nitrogens is 1. The second kappa shape index (κ2) is 16.8. The van der Waals surface area contributed by atoms with Crippen LogP contribution in [0.3, 0.4) is 0 Å². The van der Waals surface area contributed by atoms with E-state index in [9.17, 15) is 4.21 Å². The molecule has 1 unspecified atom stereocenters. The summed E-state index contributed by atoms with van der Waals surface area (Å²) >= 11 is 3.32. The van der Waals surface area contributed by atoms with E-state index in [0.29, 0.717) is 22.2 Å². The van der Waals surface area contributed by atoms with Crippen molar-refractivity contribution >= 4 is 32.6 Å². The molecule has 1 atom stereocenters. The maximum Gasteiger partial charge on any atom is 0.238 e. The summed E-state index contributed by atoms with van der Waals surface area (Å²) < 4.78 is 26.1. The zero-order valence-corrected chi connectivity index (χ0v) is 19.3. The van der Waals surface area contributed by atoms with Crippen molar-refractivity contribution in [1.82, 2.24) is 4.98 Å². The van der Waals surface area contributed by atoms with Crippen LogP contribution in [0.25, 0.3) is 0 Å². The van der Waals surface area contributed by atoms with Crippen molar-refractivity contribution in [2.45, 2.75) is 46.4 Å². The molecule has 2 rings (SSSR count). The summed E-state index contributed by atoms with van der Waals surface area (Å²) in [7, 11) is 1.69. The highest BCUT2D eigenvalue weighted by atomic mass is 79.9. The van der Waals surface area contributed by atoms with Crippen molar-refractivity contribution in [2.75, 3.05) is 18.9 Å². The molecule has 1 N–H and O–H groups in total. The molecular formula is C19H31BrN2O3S. The fourth-order valence-electron chi connectivity index (χ4n) is 1.52. The first kappa shape index (κ1) is 26.6. The van der Waals surface area contributed by atoms with Gasteiger partial charge in [0.25, 0.3) is 0 Å². The van der Waals surface area contributed by atoms with E-state index in [2.05, 4.69) is 25.6 Å². The van der Waals surface area contributed by atoms with Gasteiger partial charge in [0.05, 0.1) is 19.1 Å². The number of pyridine rings is 1. The molecular weight excluding hydrogens is 416 g/mol. The average molecular weight is 447 g/mol. The summed E-state index contributed by atoms with van der Waals surface area (Å²) in [5.74, 6) is 1.10. The Morgan fingerprint density at radius 2 is 1.50 bits per heavy atom. The van der Waals surface area contributed by atoms with Crippen molar-refractivity contribution in [3.05, 3.63) is 41.0 Å². The molecule has 0 bridgehead atoms. The molecule has 0 aliphatic heterocycles. The van der Waals surface area contributed by atoms with Crippen LogP contribution in [0.2, 0.25) is 0 Å². The van der Waals surface area contributed by atoms with Gasteiger partial charge in [-0.05, 0) is 46.3 Å². The average Bonchev–Trinajstić information content (AvgIpc) is 2.72. The predicted octanol–water partition coefficient (Wildman–Crippen LogP) is 6.07. The molecule has 0 radical (unpaired) electrons. The monoisotopic (exact) mass is 446 g/mol. The minimum absolute atomic E-state index is 0.384. The smallest absolute Gasteiger partial charge is 0.238 e. The molecule has 1 aromatic heterocycles. The van der Waals surface area contributed by atoms with Crippen LogP contribution in [0.4, 0.5) is 5.69 Å². The first-order chi connectivity index (χ1) is 12.6. The van der Waals surface area contributed by atoms with Gasteiger partial charge in [-0.15, -0.1) is 0 Å². The molecule has 5 nitrogen and oxygen atoms in total. The molecule has 0 amide bonds. The van der Waals surface area contributed by atoms with Crippen molar-refractivity contribution in [2.24, 2.45) is 0 Å². The first-order valence-electron chi connectivity index (χ1n) is 8.66. The van der Waals surface area contributed by atoms with Crippen LogP contribution >= 0.6 is 15.9 Å². The zero-order valence-electron chi connectivity index (χ0n) is 16.9. The van der Waals surface area contributed by atoms with Gasteiger partial charge in [-0.25, -0.2) is 9.19 Å². The summed E-state index contributed by atoms with van der Waals surface area (Å²) in [5, 5.41) is 0. The maximum atomic E-state index is 12.3. The summed E-state index contributed by atoms with van der Waals surface area (Å²) in [6.07, 6.45) is 1.61. The van der Waals surface area contributed by atoms with Gasteiger partial charge in [-0.1, -0.05) is 41.5 Å². The third-order valence-corrected chi connectivity index (χ3v) is 4.03. The fourth-order valence-corrected chi connectivity index (χ4v) is 2.70. The summed E-state index contributed by atoms with van der Waals surface area (Å²) in [5.41, 5.74) is 0.552. The van der Waals surface area contributed by atoms with Gasteiger partial charge in [-0.2, -0.15) is 0 Å². The Labute approximate surface area is 169 Å². The van der Waals surface area contributed by atoms with Crippen LogP contribution in [-0.2, 0) is 11.0 Å². The van der Waals surface area contributed by atoms with E-state index in [4.69, 9.17) is 9.47 Å². The van der Waals surface area contributed by atoms with Crippen LogP contribution in [0.1, 0.15) is 41.5 Å². The number of ether oxygens (including phenoxy) is 2. The number of anilines is 1. The lowest BCUT2D eigenvalue weighted by Gasteiger charge is -2.10. The van der Waals surface area contributed by atoms with Crippen LogP contribution in [-0.4, -0.2) is 23.4 Å². The van der Waals surface area contributed by atoms with E-state index in [1.54, 1.807) is 43.6 Å². The van der Waals surface area contributed by atoms with Crippen molar-refractivity contribution in [1.29, 1.82) is 0 Å². The minimum Gasteiger partial charge on any atom is -0.497 e. The number of methoxy groups -OCH3 is 2. The fraction of sp³-hybridized carbons (Fsp3) is 0.421. The van der Waals surface area contributed by atoms with E-state index in [-0.39, 0.29) is 0 Å². The maximum absolute atomic E-state index is 12.3. The molecule has 1 heterocycles. The topological polar surface area (TPSA) is 60.5 Å². The Kier molecular flexibility index (Phi) is 17.3. The van der Waals surface area contributed by atoms with E-state index in [1.807, 2.05) is 41.5 Å². The second-order valence-electron chi connectivity index (χ2n) is 3.76. The number of hydrogen-bond donors (Lipinski definition) is 1. The minimum atomic E-state index is -1.41. The van der Waals surface area contributed by atoms with Gasteiger partial charge in [0.15, 0.2) is 0 Å². The Morgan fingerprint density at radius 3 is 1.96 bits per heavy atom. The standard InChI is InChI=1S/C13H13BrN2O3S.3C2H6/c1-18-10-3-5-11(6-4-10)20(17)16-12-7-9(14)8-15-13(12)19-2;3*1-2/h3-8,16H,1-2H3;3*1-2H3. The van der Waals surface area contributed by atoms with E-state index in [1.165, 1.54) is 7.11 Å². The van der Waals surface area contributed by atoms with Gasteiger partial charge >= 0.3 is 0 Å². The highest BCUT2D eigenvalue weighted by Crippen LogP contribution is 2.26. The third-order valence-electron chi connectivity index (χ3n) is 2.49. The van der Waals surface area contributed by atoms with E-state index >= 15 is 0 Å². The molecule has 0 spiro atoms. The largest absolute Gasteiger partial charge is 0.497 e. The number of rotatable bonds is 5. The summed E-state index contributed by atoms with van der Waals surface area (Å²) in [4.78, 5) is 4.72. The first-order valence-corrected chi connectivity index (χ1v) is 10.6. The summed E-state index contributed by atoms with van der Waals surface area (Å²) in [6.45, 7) is 12.0. The zero-order chi connectivity index (χ0) is 20.5. The Hall–Kier alpha value is -1.60. The van der Waals surface area contributed by atoms with E-state index in [0.717, 1.165) is 4.47 Å². The molecule has 0 fully saturated rings. The van der Waals surface area contributed by atoms with Gasteiger partial charge in [0, 0.05) is 10.7 Å². The molecule has 7 heteroatoms. The predicted molar refractivity (Wildman–Crippen MR) is 116 cm³/mol. The molecule has 0 saturated heterocycles. The Morgan fingerprint density at radius 1 is 0.962 bits per heavy atom. The molecule has 1 aromatic carbocycles. The van der Waals surface area contributed by atoms with Gasteiger partial charge < -0.3 is 9.47 Å². The Balaban J connectivity index is 0. The lowest BCUT2D eigenvalue weighted by Crippen LogP contribution is -2.06. The van der Waals surface area contributed by atoms with Crippen molar-refractivity contribution in [3.8, 4) is 11.6 Å². The number of halogens is 1. The Bertz CT molecular complexity index is 623. The number of hydrogen-bond acceptors (Lipinski definition) is 4. The molecule has 0 aliphatic rings. The molecule has 2 aromatic rings. The quantitative estimate of drug-likeness (QED) is 0.604. The second-order valence-corrected chi connectivity index (χ2v) is 5.89. The van der Waals surface area contributed by atoms with Crippen LogP contribution in [0, 0.1) is 0 Å². The van der Waals surface area contributed by atoms with Gasteiger partial charge in [0.2, 0.25) is 5.88 Å². The highest BCUT2D eigenvalue weighted by molar-refractivity contribution is 9.10. The molecule has 148 valence electrons. The van der Waals surface area contributed by atoms with Crippen molar-refractivity contribution in [3.63, 3.8) is 0 Å².